The zero-order valence-corrected chi connectivity index (χ0v) is 18.9. The van der Waals surface area contributed by atoms with E-state index in [4.69, 9.17) is 21.1 Å². The fraction of sp³-hybridized carbons (Fsp3) is 0.300. The first-order chi connectivity index (χ1) is 15.4. The van der Waals surface area contributed by atoms with E-state index in [1.165, 1.54) is 24.4 Å². The van der Waals surface area contributed by atoms with Crippen LogP contribution in [0.4, 0.5) is 21.8 Å². The summed E-state index contributed by atoms with van der Waals surface area (Å²) in [6.45, 7) is 2.95. The van der Waals surface area contributed by atoms with E-state index < -0.39 is 17.7 Å². The third-order valence-electron chi connectivity index (χ3n) is 4.08. The lowest BCUT2D eigenvalue weighted by molar-refractivity contribution is 0.0528. The van der Waals surface area contributed by atoms with Crippen molar-refractivity contribution < 1.29 is 23.8 Å². The molecular formula is C20H21ClFN5O4S. The summed E-state index contributed by atoms with van der Waals surface area (Å²) in [5.74, 6) is -0.948. The molecule has 0 saturated carbocycles. The number of benzene rings is 1. The van der Waals surface area contributed by atoms with Gasteiger partial charge in [0.1, 0.15) is 16.6 Å². The molecule has 1 aromatic carbocycles. The van der Waals surface area contributed by atoms with Gasteiger partial charge in [0.15, 0.2) is 4.88 Å². The zero-order valence-electron chi connectivity index (χ0n) is 17.3. The first kappa shape index (κ1) is 23.6. The molecule has 0 amide bonds. The number of carbonyl (C=O) groups excluding carboxylic acids is 1. The van der Waals surface area contributed by atoms with Gasteiger partial charge in [0, 0.05) is 32.1 Å². The van der Waals surface area contributed by atoms with Crippen molar-refractivity contribution in [2.45, 2.75) is 13.3 Å². The van der Waals surface area contributed by atoms with E-state index >= 15 is 0 Å². The summed E-state index contributed by atoms with van der Waals surface area (Å²) in [6, 6.07) is 4.16. The van der Waals surface area contributed by atoms with Gasteiger partial charge in [-0.3, -0.25) is 0 Å². The Bertz CT molecular complexity index is 1100. The first-order valence-corrected chi connectivity index (χ1v) is 10.8. The van der Waals surface area contributed by atoms with Crippen molar-refractivity contribution >= 4 is 46.4 Å². The van der Waals surface area contributed by atoms with Crippen LogP contribution in [-0.4, -0.2) is 52.9 Å². The highest BCUT2D eigenvalue weighted by Crippen LogP contribution is 2.36. The Morgan fingerprint density at radius 3 is 2.88 bits per heavy atom. The Hall–Kier alpha value is -3.02. The summed E-state index contributed by atoms with van der Waals surface area (Å²) in [4.78, 5) is 24.8. The second kappa shape index (κ2) is 11.0. The number of anilines is 3. The van der Waals surface area contributed by atoms with Crippen molar-refractivity contribution in [1.82, 2.24) is 15.0 Å². The van der Waals surface area contributed by atoms with Crippen LogP contribution in [0.3, 0.4) is 0 Å². The first-order valence-electron chi connectivity index (χ1n) is 9.62. The Balaban J connectivity index is 1.91. The van der Waals surface area contributed by atoms with Crippen LogP contribution in [-0.2, 0) is 9.47 Å². The third kappa shape index (κ3) is 5.81. The van der Waals surface area contributed by atoms with Crippen molar-refractivity contribution in [3.05, 3.63) is 40.1 Å². The van der Waals surface area contributed by atoms with Gasteiger partial charge in [-0.1, -0.05) is 11.6 Å². The molecular weight excluding hydrogens is 461 g/mol. The van der Waals surface area contributed by atoms with Crippen LogP contribution >= 0.6 is 22.9 Å². The number of nitrogens with zero attached hydrogens (tertiary/aromatic N) is 3. The van der Waals surface area contributed by atoms with Crippen LogP contribution in [0.2, 0.25) is 5.02 Å². The Labute approximate surface area is 192 Å². The lowest BCUT2D eigenvalue weighted by Gasteiger charge is -2.12. The molecule has 2 heterocycles. The summed E-state index contributed by atoms with van der Waals surface area (Å²) >= 11 is 6.80. The lowest BCUT2D eigenvalue weighted by Crippen LogP contribution is -2.09. The SMILES string of the molecule is CCOC(=O)c1sc(-c2cnc(Nc3ccc(F)c(Cl)c3)nc2NCCCOC)nc1O. The Morgan fingerprint density at radius 1 is 1.34 bits per heavy atom. The highest BCUT2D eigenvalue weighted by Gasteiger charge is 2.22. The molecule has 2 aromatic heterocycles. The van der Waals surface area contributed by atoms with Gasteiger partial charge < -0.3 is 25.2 Å². The molecule has 0 fully saturated rings. The summed E-state index contributed by atoms with van der Waals surface area (Å²) < 4.78 is 23.4. The summed E-state index contributed by atoms with van der Waals surface area (Å²) in [5.41, 5.74) is 0.993. The Kier molecular flexibility index (Phi) is 8.14. The van der Waals surface area contributed by atoms with Gasteiger partial charge in [-0.05, 0) is 31.5 Å². The topological polar surface area (TPSA) is 118 Å². The predicted octanol–water partition coefficient (Wildman–Crippen LogP) is 4.47. The van der Waals surface area contributed by atoms with Gasteiger partial charge in [-0.15, -0.1) is 11.3 Å². The lowest BCUT2D eigenvalue weighted by atomic mass is 10.3. The monoisotopic (exact) mass is 481 g/mol. The van der Waals surface area contributed by atoms with Crippen LogP contribution in [0.5, 0.6) is 5.88 Å². The number of halogens is 2. The molecule has 0 saturated heterocycles. The standard InChI is InChI=1S/C20H21ClFN5O4S/c1-3-31-19(29)15-17(28)27-18(32-15)12-10-24-20(26-16(12)23-7-4-8-30-2)25-11-5-6-14(22)13(21)9-11/h5-6,9-10,28H,3-4,7-8H2,1-2H3,(H2,23,24,25,26). The molecule has 9 nitrogen and oxygen atoms in total. The van der Waals surface area contributed by atoms with Crippen molar-refractivity contribution in [3.8, 4) is 16.5 Å². The number of carbonyl (C=O) groups is 1. The minimum atomic E-state index is -0.657. The number of hydrogen-bond acceptors (Lipinski definition) is 10. The zero-order chi connectivity index (χ0) is 23.1. The fourth-order valence-corrected chi connectivity index (χ4v) is 3.66. The maximum Gasteiger partial charge on any atom is 0.353 e. The van der Waals surface area contributed by atoms with Crippen molar-refractivity contribution in [1.29, 1.82) is 0 Å². The van der Waals surface area contributed by atoms with Gasteiger partial charge >= 0.3 is 5.97 Å². The molecule has 0 aliphatic heterocycles. The molecule has 3 rings (SSSR count). The molecule has 170 valence electrons. The minimum Gasteiger partial charge on any atom is -0.492 e. The average Bonchev–Trinajstić information content (AvgIpc) is 3.16. The smallest absolute Gasteiger partial charge is 0.353 e. The predicted molar refractivity (Wildman–Crippen MR) is 120 cm³/mol. The number of hydrogen-bond donors (Lipinski definition) is 3. The maximum absolute atomic E-state index is 13.4. The average molecular weight is 482 g/mol. The molecule has 12 heteroatoms. The summed E-state index contributed by atoms with van der Waals surface area (Å²) in [7, 11) is 1.61. The summed E-state index contributed by atoms with van der Waals surface area (Å²) in [5, 5.41) is 16.6. The van der Waals surface area contributed by atoms with E-state index in [0.717, 1.165) is 11.3 Å². The second-order valence-corrected chi connectivity index (χ2v) is 7.78. The normalized spacial score (nSPS) is 10.8. The third-order valence-corrected chi connectivity index (χ3v) is 5.43. The van der Waals surface area contributed by atoms with Crippen LogP contribution in [0.15, 0.2) is 24.4 Å². The largest absolute Gasteiger partial charge is 0.492 e. The van der Waals surface area contributed by atoms with E-state index in [-0.39, 0.29) is 22.5 Å². The molecule has 0 aliphatic carbocycles. The van der Waals surface area contributed by atoms with Crippen molar-refractivity contribution in [2.24, 2.45) is 0 Å². The quantitative estimate of drug-likeness (QED) is 0.284. The summed E-state index contributed by atoms with van der Waals surface area (Å²) in [6.07, 6.45) is 2.22. The van der Waals surface area contributed by atoms with Crippen molar-refractivity contribution in [3.63, 3.8) is 0 Å². The van der Waals surface area contributed by atoms with Crippen LogP contribution < -0.4 is 10.6 Å². The number of ether oxygens (including phenoxy) is 2. The number of nitrogens with one attached hydrogen (secondary N) is 2. The van der Waals surface area contributed by atoms with Gasteiger partial charge in [-0.2, -0.15) is 4.98 Å². The maximum atomic E-state index is 13.4. The number of methoxy groups -OCH3 is 1. The minimum absolute atomic E-state index is 0.00432. The van der Waals surface area contributed by atoms with Crippen LogP contribution in [0, 0.1) is 5.82 Å². The van der Waals surface area contributed by atoms with E-state index in [1.54, 1.807) is 14.0 Å². The second-order valence-electron chi connectivity index (χ2n) is 6.38. The molecule has 0 bridgehead atoms. The number of thiazole rings is 1. The van der Waals surface area contributed by atoms with E-state index in [0.29, 0.717) is 41.6 Å². The highest BCUT2D eigenvalue weighted by molar-refractivity contribution is 7.17. The Morgan fingerprint density at radius 2 is 2.16 bits per heavy atom. The molecule has 0 aliphatic rings. The van der Waals surface area contributed by atoms with E-state index in [9.17, 15) is 14.3 Å². The van der Waals surface area contributed by atoms with Gasteiger partial charge in [0.05, 0.1) is 17.2 Å². The molecule has 0 spiro atoms. The highest BCUT2D eigenvalue weighted by atomic mass is 35.5. The molecule has 32 heavy (non-hydrogen) atoms. The number of esters is 1. The van der Waals surface area contributed by atoms with E-state index in [1.807, 2.05) is 0 Å². The number of rotatable bonds is 10. The molecule has 0 unspecified atom stereocenters. The van der Waals surface area contributed by atoms with Gasteiger partial charge in [0.2, 0.25) is 11.8 Å². The van der Waals surface area contributed by atoms with Crippen LogP contribution in [0.1, 0.15) is 23.0 Å². The van der Waals surface area contributed by atoms with Gasteiger partial charge in [-0.25, -0.2) is 19.2 Å². The number of aromatic hydroxyl groups is 1. The number of aromatic nitrogens is 3. The molecule has 0 atom stereocenters. The van der Waals surface area contributed by atoms with Crippen molar-refractivity contribution in [2.75, 3.05) is 37.5 Å². The molecule has 3 aromatic rings. The van der Waals surface area contributed by atoms with Gasteiger partial charge in [0.25, 0.3) is 0 Å². The molecule has 0 radical (unpaired) electrons. The fourth-order valence-electron chi connectivity index (χ4n) is 2.62. The van der Waals surface area contributed by atoms with E-state index in [2.05, 4.69) is 25.6 Å². The van der Waals surface area contributed by atoms with Crippen LogP contribution in [0.25, 0.3) is 10.6 Å². The molecule has 3 N–H and O–H groups in total.